The van der Waals surface area contributed by atoms with Crippen LogP contribution in [0, 0.1) is 22.7 Å². The van der Waals surface area contributed by atoms with Gasteiger partial charge in [-0.3, -0.25) is 0 Å². The zero-order chi connectivity index (χ0) is 28.1. The zero-order valence-electron chi connectivity index (χ0n) is 25.7. The molecule has 5 nitrogen and oxygen atoms in total. The number of thiophene rings is 1. The van der Waals surface area contributed by atoms with Crippen LogP contribution in [0.3, 0.4) is 0 Å². The van der Waals surface area contributed by atoms with Gasteiger partial charge in [-0.05, 0) is 137 Å². The van der Waals surface area contributed by atoms with Crippen LogP contribution in [0.2, 0.25) is 0 Å². The van der Waals surface area contributed by atoms with Crippen LogP contribution in [-0.4, -0.2) is 78.8 Å². The SMILES string of the molecule is C[C@@]12C(=CCCC1(OCCN1CCCC1)OCCN1CCCC1)CC[C@@H]1[C@@H]2CC[C@]2(C)[C@H](c3ccsc3)CC[C@]12O. The lowest BCUT2D eigenvalue weighted by Gasteiger charge is -2.65. The Morgan fingerprint density at radius 3 is 2.20 bits per heavy atom. The van der Waals surface area contributed by atoms with Gasteiger partial charge in [0.05, 0.1) is 18.8 Å². The van der Waals surface area contributed by atoms with Gasteiger partial charge in [0.25, 0.3) is 0 Å². The average molecular weight is 583 g/mol. The molecule has 1 N–H and O–H groups in total. The summed E-state index contributed by atoms with van der Waals surface area (Å²) < 4.78 is 14.3. The van der Waals surface area contributed by atoms with E-state index in [0.29, 0.717) is 17.8 Å². The Labute approximate surface area is 252 Å². The molecule has 4 aliphatic carbocycles. The lowest BCUT2D eigenvalue weighted by atomic mass is 9.44. The molecule has 0 amide bonds. The summed E-state index contributed by atoms with van der Waals surface area (Å²) in [6.45, 7) is 13.2. The predicted octanol–water partition coefficient (Wildman–Crippen LogP) is 6.83. The number of rotatable bonds is 9. The molecule has 2 saturated heterocycles. The van der Waals surface area contributed by atoms with E-state index in [-0.39, 0.29) is 10.8 Å². The van der Waals surface area contributed by atoms with E-state index in [2.05, 4.69) is 46.5 Å². The molecule has 0 radical (unpaired) electrons. The van der Waals surface area contributed by atoms with Gasteiger partial charge < -0.3 is 24.4 Å². The molecule has 0 aromatic carbocycles. The molecule has 6 aliphatic rings. The molecule has 3 heterocycles. The first-order valence-corrected chi connectivity index (χ1v) is 18.0. The largest absolute Gasteiger partial charge is 0.389 e. The van der Waals surface area contributed by atoms with Crippen LogP contribution < -0.4 is 0 Å². The number of nitrogens with zero attached hydrogens (tertiary/aromatic N) is 2. The molecule has 0 bridgehead atoms. The molecular weight excluding hydrogens is 528 g/mol. The lowest BCUT2D eigenvalue weighted by Crippen LogP contribution is -2.66. The van der Waals surface area contributed by atoms with E-state index >= 15 is 0 Å². The predicted molar refractivity (Wildman–Crippen MR) is 166 cm³/mol. The van der Waals surface area contributed by atoms with Crippen molar-refractivity contribution in [2.45, 2.75) is 108 Å². The topological polar surface area (TPSA) is 45.2 Å². The molecule has 0 unspecified atom stereocenters. The van der Waals surface area contributed by atoms with Crippen LogP contribution in [0.1, 0.15) is 102 Å². The van der Waals surface area contributed by atoms with Crippen molar-refractivity contribution in [3.05, 3.63) is 34.0 Å². The minimum absolute atomic E-state index is 0.0582. The second-order valence-electron chi connectivity index (χ2n) is 14.8. The van der Waals surface area contributed by atoms with E-state index in [4.69, 9.17) is 9.47 Å². The van der Waals surface area contributed by atoms with E-state index in [1.807, 2.05) is 0 Å². The molecule has 2 aliphatic heterocycles. The quantitative estimate of drug-likeness (QED) is 0.255. The van der Waals surface area contributed by atoms with E-state index < -0.39 is 11.4 Å². The Bertz CT molecular complexity index is 1060. The van der Waals surface area contributed by atoms with Gasteiger partial charge in [0.1, 0.15) is 0 Å². The first-order valence-electron chi connectivity index (χ1n) is 17.1. The Hall–Kier alpha value is -0.760. The maximum atomic E-state index is 12.8. The summed E-state index contributed by atoms with van der Waals surface area (Å²) in [5.74, 6) is 0.554. The van der Waals surface area contributed by atoms with Crippen LogP contribution in [0.15, 0.2) is 28.5 Å². The Balaban J connectivity index is 1.18. The van der Waals surface area contributed by atoms with Crippen LogP contribution in [0.25, 0.3) is 0 Å². The minimum atomic E-state index is -0.620. The number of hydrogen-bond acceptors (Lipinski definition) is 6. The second-order valence-corrected chi connectivity index (χ2v) is 15.6. The molecule has 3 saturated carbocycles. The molecule has 7 rings (SSSR count). The van der Waals surface area contributed by atoms with E-state index in [9.17, 15) is 5.11 Å². The third-order valence-electron chi connectivity index (χ3n) is 13.3. The fourth-order valence-electron chi connectivity index (χ4n) is 10.9. The summed E-state index contributed by atoms with van der Waals surface area (Å²) in [6, 6.07) is 2.32. The first-order chi connectivity index (χ1) is 19.9. The van der Waals surface area contributed by atoms with Gasteiger partial charge in [-0.1, -0.05) is 25.5 Å². The highest BCUT2D eigenvalue weighted by Gasteiger charge is 2.70. The molecule has 1 aromatic heterocycles. The Morgan fingerprint density at radius 2 is 1.56 bits per heavy atom. The third-order valence-corrected chi connectivity index (χ3v) is 14.0. The summed E-state index contributed by atoms with van der Waals surface area (Å²) in [7, 11) is 0. The van der Waals surface area contributed by atoms with E-state index in [1.165, 1.54) is 57.4 Å². The maximum Gasteiger partial charge on any atom is 0.177 e. The number of fused-ring (bicyclic) bond motifs is 5. The van der Waals surface area contributed by atoms with E-state index in [0.717, 1.165) is 77.7 Å². The average Bonchev–Trinajstić information content (AvgIpc) is 3.78. The van der Waals surface area contributed by atoms with Gasteiger partial charge in [0.15, 0.2) is 5.79 Å². The van der Waals surface area contributed by atoms with Crippen LogP contribution in [-0.2, 0) is 9.47 Å². The van der Waals surface area contributed by atoms with Crippen molar-refractivity contribution in [3.8, 4) is 0 Å². The number of likely N-dealkylation sites (tertiary alicyclic amines) is 2. The highest BCUT2D eigenvalue weighted by Crippen LogP contribution is 2.71. The number of allylic oxidation sites excluding steroid dienone is 1. The van der Waals surface area contributed by atoms with Gasteiger partial charge in [0.2, 0.25) is 0 Å². The lowest BCUT2D eigenvalue weighted by molar-refractivity contribution is -0.324. The highest BCUT2D eigenvalue weighted by molar-refractivity contribution is 7.08. The first kappa shape index (κ1) is 29.0. The smallest absolute Gasteiger partial charge is 0.177 e. The summed E-state index contributed by atoms with van der Waals surface area (Å²) in [4.78, 5) is 5.14. The van der Waals surface area contributed by atoms with Gasteiger partial charge in [-0.15, -0.1) is 0 Å². The summed E-state index contributed by atoms with van der Waals surface area (Å²) in [5.41, 5.74) is 2.15. The zero-order valence-corrected chi connectivity index (χ0v) is 26.6. The normalized spacial score (nSPS) is 40.8. The van der Waals surface area contributed by atoms with Crippen molar-refractivity contribution < 1.29 is 14.6 Å². The summed E-state index contributed by atoms with van der Waals surface area (Å²) >= 11 is 1.80. The standard InChI is InChI=1S/C35H54N2O3S/c1-32-15-11-30-31(34(32,38)16-12-29(32)27-13-25-41-26-27)10-9-28-8-7-14-35(33(28,30)2,39-23-21-36-17-3-4-18-36)40-24-22-37-19-5-6-20-37/h8,13,25-26,29-31,38H,3-7,9-12,14-24H2,1-2H3/t29-,30-,31+,32+,33-,34-/m0/s1. The van der Waals surface area contributed by atoms with Crippen molar-refractivity contribution in [2.75, 3.05) is 52.5 Å². The van der Waals surface area contributed by atoms with Gasteiger partial charge in [-0.25, -0.2) is 0 Å². The van der Waals surface area contributed by atoms with Crippen molar-refractivity contribution >= 4 is 11.3 Å². The monoisotopic (exact) mass is 582 g/mol. The molecule has 5 fully saturated rings. The molecule has 228 valence electrons. The van der Waals surface area contributed by atoms with Crippen LogP contribution in [0.4, 0.5) is 0 Å². The fraction of sp³-hybridized carbons (Fsp3) is 0.829. The molecule has 6 atom stereocenters. The highest BCUT2D eigenvalue weighted by atomic mass is 32.1. The minimum Gasteiger partial charge on any atom is -0.389 e. The number of aliphatic hydroxyl groups is 1. The van der Waals surface area contributed by atoms with Crippen molar-refractivity contribution in [2.24, 2.45) is 22.7 Å². The van der Waals surface area contributed by atoms with Gasteiger partial charge in [-0.2, -0.15) is 11.3 Å². The molecule has 6 heteroatoms. The van der Waals surface area contributed by atoms with Crippen molar-refractivity contribution in [1.82, 2.24) is 9.80 Å². The maximum absolute atomic E-state index is 12.8. The number of hydrogen-bond donors (Lipinski definition) is 1. The van der Waals surface area contributed by atoms with Gasteiger partial charge >= 0.3 is 0 Å². The summed E-state index contributed by atoms with van der Waals surface area (Å²) in [5, 5.41) is 17.4. The van der Waals surface area contributed by atoms with Crippen LogP contribution in [0.5, 0.6) is 0 Å². The van der Waals surface area contributed by atoms with Crippen molar-refractivity contribution in [3.63, 3.8) is 0 Å². The Morgan fingerprint density at radius 1 is 0.878 bits per heavy atom. The molecule has 0 spiro atoms. The molecular formula is C35H54N2O3S. The fourth-order valence-corrected chi connectivity index (χ4v) is 11.6. The summed E-state index contributed by atoms with van der Waals surface area (Å²) in [6.07, 6.45) is 16.2. The number of ether oxygens (including phenoxy) is 2. The third kappa shape index (κ3) is 4.64. The van der Waals surface area contributed by atoms with Crippen LogP contribution >= 0.6 is 11.3 Å². The molecule has 1 aromatic rings. The van der Waals surface area contributed by atoms with E-state index in [1.54, 1.807) is 16.9 Å². The second kappa shape index (κ2) is 11.3. The molecule has 41 heavy (non-hydrogen) atoms. The van der Waals surface area contributed by atoms with Crippen molar-refractivity contribution in [1.29, 1.82) is 0 Å². The Kier molecular flexibility index (Phi) is 7.99. The van der Waals surface area contributed by atoms with Gasteiger partial charge in [0, 0.05) is 30.3 Å².